The van der Waals surface area contributed by atoms with Gasteiger partial charge >= 0.3 is 0 Å². The van der Waals surface area contributed by atoms with Gasteiger partial charge in [0.05, 0.1) is 17.1 Å². The highest BCUT2D eigenvalue weighted by atomic mass is 35.5. The molecule has 6 nitrogen and oxygen atoms in total. The molecule has 3 heterocycles. The number of amides is 1. The normalized spacial score (nSPS) is 11.1. The standard InChI is InChI=1S/C26H18ClN5OS/c27-20-12-9-18(10-13-20)25-19(16-32(31-25)21-6-2-1-3-7-21)11-14-24(33)30-26-29-23(17-34-26)22-8-4-5-15-28-22/h1-17H,(H,29,30,33). The lowest BCUT2D eigenvalue weighted by Gasteiger charge is -2.01. The van der Waals surface area contributed by atoms with Crippen LogP contribution in [0.5, 0.6) is 0 Å². The van der Waals surface area contributed by atoms with E-state index in [0.717, 1.165) is 33.9 Å². The van der Waals surface area contributed by atoms with Crippen LogP contribution in [0.25, 0.3) is 34.4 Å². The highest BCUT2D eigenvalue weighted by molar-refractivity contribution is 7.14. The zero-order valence-electron chi connectivity index (χ0n) is 17.8. The van der Waals surface area contributed by atoms with Crippen molar-refractivity contribution in [1.29, 1.82) is 0 Å². The van der Waals surface area contributed by atoms with Crippen LogP contribution in [0.15, 0.2) is 96.6 Å². The lowest BCUT2D eigenvalue weighted by Crippen LogP contribution is -2.07. The maximum absolute atomic E-state index is 12.6. The number of hydrogen-bond acceptors (Lipinski definition) is 5. The zero-order valence-corrected chi connectivity index (χ0v) is 19.4. The van der Waals surface area contributed by atoms with Gasteiger partial charge in [0.15, 0.2) is 5.13 Å². The first-order chi connectivity index (χ1) is 16.7. The number of thiazole rings is 1. The number of anilines is 1. The Balaban J connectivity index is 1.39. The van der Waals surface area contributed by atoms with Crippen LogP contribution in [0, 0.1) is 0 Å². The topological polar surface area (TPSA) is 72.7 Å². The molecule has 0 radical (unpaired) electrons. The maximum atomic E-state index is 12.6. The highest BCUT2D eigenvalue weighted by Gasteiger charge is 2.12. The lowest BCUT2D eigenvalue weighted by molar-refractivity contribution is -0.111. The molecule has 0 aliphatic rings. The van der Waals surface area contributed by atoms with Gasteiger partial charge in [-0.05, 0) is 42.5 Å². The van der Waals surface area contributed by atoms with E-state index in [4.69, 9.17) is 16.7 Å². The molecule has 0 aliphatic carbocycles. The molecule has 0 unspecified atom stereocenters. The third-order valence-corrected chi connectivity index (χ3v) is 5.97. The molecule has 5 rings (SSSR count). The van der Waals surface area contributed by atoms with E-state index < -0.39 is 0 Å². The third kappa shape index (κ3) is 4.96. The van der Waals surface area contributed by atoms with Crippen LogP contribution in [-0.2, 0) is 4.79 Å². The summed E-state index contributed by atoms with van der Waals surface area (Å²) in [5, 5.41) is 10.6. The highest BCUT2D eigenvalue weighted by Crippen LogP contribution is 2.27. The predicted octanol–water partition coefficient (Wildman–Crippen LogP) is 6.36. The number of carbonyl (C=O) groups is 1. The van der Waals surface area contributed by atoms with Crippen LogP contribution in [-0.4, -0.2) is 25.7 Å². The van der Waals surface area contributed by atoms with E-state index in [-0.39, 0.29) is 5.91 Å². The van der Waals surface area contributed by atoms with Gasteiger partial charge in [0.25, 0.3) is 0 Å². The fourth-order valence-electron chi connectivity index (χ4n) is 3.33. The Kier molecular flexibility index (Phi) is 6.29. The largest absolute Gasteiger partial charge is 0.298 e. The van der Waals surface area contributed by atoms with E-state index in [9.17, 15) is 4.79 Å². The molecule has 8 heteroatoms. The summed E-state index contributed by atoms with van der Waals surface area (Å²) >= 11 is 7.41. The molecule has 0 atom stereocenters. The van der Waals surface area contributed by atoms with Crippen molar-refractivity contribution in [2.75, 3.05) is 5.32 Å². The number of nitrogens with zero attached hydrogens (tertiary/aromatic N) is 4. The number of carbonyl (C=O) groups excluding carboxylic acids is 1. The van der Waals surface area contributed by atoms with Gasteiger partial charge in [-0.2, -0.15) is 5.10 Å². The molecule has 1 N–H and O–H groups in total. The van der Waals surface area contributed by atoms with Crippen molar-refractivity contribution >= 4 is 40.1 Å². The quantitative estimate of drug-likeness (QED) is 0.285. The number of pyridine rings is 1. The second kappa shape index (κ2) is 9.82. The number of rotatable bonds is 6. The van der Waals surface area contributed by atoms with Crippen molar-refractivity contribution in [1.82, 2.24) is 19.7 Å². The molecule has 166 valence electrons. The Morgan fingerprint density at radius 2 is 1.76 bits per heavy atom. The Bertz CT molecular complexity index is 1440. The molecule has 34 heavy (non-hydrogen) atoms. The number of hydrogen-bond donors (Lipinski definition) is 1. The molecular weight excluding hydrogens is 466 g/mol. The lowest BCUT2D eigenvalue weighted by atomic mass is 10.1. The fourth-order valence-corrected chi connectivity index (χ4v) is 4.16. The molecule has 0 saturated heterocycles. The number of para-hydroxylation sites is 1. The van der Waals surface area contributed by atoms with E-state index in [1.807, 2.05) is 84.4 Å². The van der Waals surface area contributed by atoms with Crippen molar-refractivity contribution in [3.05, 3.63) is 107 Å². The molecule has 0 spiro atoms. The first-order valence-electron chi connectivity index (χ1n) is 10.4. The van der Waals surface area contributed by atoms with Gasteiger partial charge < -0.3 is 0 Å². The van der Waals surface area contributed by atoms with Crippen LogP contribution in [0.4, 0.5) is 5.13 Å². The van der Waals surface area contributed by atoms with Gasteiger partial charge in [-0.3, -0.25) is 15.1 Å². The van der Waals surface area contributed by atoms with Crippen LogP contribution < -0.4 is 5.32 Å². The number of aromatic nitrogens is 4. The van der Waals surface area contributed by atoms with Crippen molar-refractivity contribution in [2.24, 2.45) is 0 Å². The van der Waals surface area contributed by atoms with Crippen LogP contribution in [0.2, 0.25) is 5.02 Å². The van der Waals surface area contributed by atoms with Gasteiger partial charge in [0.1, 0.15) is 5.69 Å². The minimum Gasteiger partial charge on any atom is -0.298 e. The molecule has 2 aromatic carbocycles. The predicted molar refractivity (Wildman–Crippen MR) is 137 cm³/mol. The molecule has 3 aromatic heterocycles. The van der Waals surface area contributed by atoms with Crippen molar-refractivity contribution < 1.29 is 4.79 Å². The van der Waals surface area contributed by atoms with Gasteiger partial charge in [-0.25, -0.2) is 9.67 Å². The average Bonchev–Trinajstić information content (AvgIpc) is 3.52. The van der Waals surface area contributed by atoms with E-state index in [0.29, 0.717) is 10.2 Å². The van der Waals surface area contributed by atoms with Crippen LogP contribution >= 0.6 is 22.9 Å². The summed E-state index contributed by atoms with van der Waals surface area (Å²) in [7, 11) is 0. The zero-order chi connectivity index (χ0) is 23.3. The first-order valence-corrected chi connectivity index (χ1v) is 11.7. The minimum absolute atomic E-state index is 0.281. The first kappa shape index (κ1) is 21.8. The molecular formula is C26H18ClN5OS. The molecule has 0 bridgehead atoms. The minimum atomic E-state index is -0.281. The monoisotopic (exact) mass is 483 g/mol. The number of benzene rings is 2. The fraction of sp³-hybridized carbons (Fsp3) is 0. The molecule has 1 amide bonds. The van der Waals surface area contributed by atoms with E-state index in [1.165, 1.54) is 17.4 Å². The Labute approximate surface area is 205 Å². The van der Waals surface area contributed by atoms with Gasteiger partial charge in [0, 0.05) is 40.0 Å². The second-order valence-electron chi connectivity index (χ2n) is 7.30. The van der Waals surface area contributed by atoms with Gasteiger partial charge in [-0.1, -0.05) is 48.0 Å². The molecule has 5 aromatic rings. The van der Waals surface area contributed by atoms with Crippen molar-refractivity contribution in [3.63, 3.8) is 0 Å². The van der Waals surface area contributed by atoms with Gasteiger partial charge in [-0.15, -0.1) is 11.3 Å². The maximum Gasteiger partial charge on any atom is 0.250 e. The van der Waals surface area contributed by atoms with Crippen LogP contribution in [0.1, 0.15) is 5.56 Å². The Hall–Kier alpha value is -4.07. The van der Waals surface area contributed by atoms with E-state index in [2.05, 4.69) is 15.3 Å². The second-order valence-corrected chi connectivity index (χ2v) is 8.59. The number of nitrogens with one attached hydrogen (secondary N) is 1. The Morgan fingerprint density at radius 1 is 0.971 bits per heavy atom. The van der Waals surface area contributed by atoms with Gasteiger partial charge in [0.2, 0.25) is 5.91 Å². The average molecular weight is 484 g/mol. The third-order valence-electron chi connectivity index (χ3n) is 4.96. The van der Waals surface area contributed by atoms with Crippen molar-refractivity contribution in [2.45, 2.75) is 0 Å². The summed E-state index contributed by atoms with van der Waals surface area (Å²) in [4.78, 5) is 21.4. The van der Waals surface area contributed by atoms with Crippen molar-refractivity contribution in [3.8, 4) is 28.3 Å². The summed E-state index contributed by atoms with van der Waals surface area (Å²) in [5.41, 5.74) is 4.85. The summed E-state index contributed by atoms with van der Waals surface area (Å²) in [5.74, 6) is -0.281. The summed E-state index contributed by atoms with van der Waals surface area (Å²) < 4.78 is 1.79. The summed E-state index contributed by atoms with van der Waals surface area (Å²) in [6, 6.07) is 22.9. The van der Waals surface area contributed by atoms with E-state index >= 15 is 0 Å². The number of halogens is 1. The molecule has 0 aliphatic heterocycles. The molecule has 0 fully saturated rings. The van der Waals surface area contributed by atoms with E-state index in [1.54, 1.807) is 17.0 Å². The smallest absolute Gasteiger partial charge is 0.250 e. The summed E-state index contributed by atoms with van der Waals surface area (Å²) in [6.07, 6.45) is 6.84. The van der Waals surface area contributed by atoms with Crippen LogP contribution in [0.3, 0.4) is 0 Å². The molecule has 0 saturated carbocycles. The Morgan fingerprint density at radius 3 is 2.53 bits per heavy atom. The SMILES string of the molecule is O=C(C=Cc1cn(-c2ccccc2)nc1-c1ccc(Cl)cc1)Nc1nc(-c2ccccn2)cs1. The summed E-state index contributed by atoms with van der Waals surface area (Å²) in [6.45, 7) is 0.